The van der Waals surface area contributed by atoms with Gasteiger partial charge in [-0.15, -0.1) is 0 Å². The van der Waals surface area contributed by atoms with Gasteiger partial charge >= 0.3 is 0 Å². The Morgan fingerprint density at radius 3 is 2.15 bits per heavy atom. The lowest BCUT2D eigenvalue weighted by Crippen LogP contribution is -2.48. The number of carbonyl (C=O) groups is 1. The highest BCUT2D eigenvalue weighted by Gasteiger charge is 2.08. The minimum Gasteiger partial charge on any atom is -0.481 e. The Labute approximate surface area is 77.2 Å². The molecule has 1 saturated heterocycles. The van der Waals surface area contributed by atoms with Gasteiger partial charge in [0.15, 0.2) is 5.96 Å². The van der Waals surface area contributed by atoms with E-state index >= 15 is 0 Å². The predicted molar refractivity (Wildman–Crippen MR) is 49.7 cm³/mol. The Balaban J connectivity index is 0.000000310. The van der Waals surface area contributed by atoms with Crippen molar-refractivity contribution in [1.82, 2.24) is 10.2 Å². The van der Waals surface area contributed by atoms with Gasteiger partial charge in [-0.25, -0.2) is 0 Å². The molecule has 1 fully saturated rings. The molecule has 0 saturated carbocycles. The van der Waals surface area contributed by atoms with Gasteiger partial charge in [0.25, 0.3) is 5.97 Å². The van der Waals surface area contributed by atoms with Gasteiger partial charge in [0, 0.05) is 33.1 Å². The number of carboxylic acids is 1. The largest absolute Gasteiger partial charge is 0.481 e. The molecule has 0 aromatic rings. The predicted octanol–water partition coefficient (Wildman–Crippen LogP) is -1.12. The van der Waals surface area contributed by atoms with Crippen LogP contribution in [0.15, 0.2) is 0 Å². The summed E-state index contributed by atoms with van der Waals surface area (Å²) in [6.07, 6.45) is 0. The Morgan fingerprint density at radius 1 is 1.54 bits per heavy atom. The number of rotatable bonds is 0. The number of piperazine rings is 1. The van der Waals surface area contributed by atoms with Gasteiger partial charge in [-0.2, -0.15) is 0 Å². The average molecular weight is 188 g/mol. The Kier molecular flexibility index (Phi) is 5.62. The quantitative estimate of drug-likeness (QED) is 0.285. The van der Waals surface area contributed by atoms with Crippen LogP contribution in [0, 0.1) is 5.41 Å². The zero-order valence-corrected chi connectivity index (χ0v) is 7.71. The van der Waals surface area contributed by atoms with E-state index in [2.05, 4.69) is 5.32 Å². The van der Waals surface area contributed by atoms with Crippen LogP contribution in [0.5, 0.6) is 0 Å². The van der Waals surface area contributed by atoms with Crippen LogP contribution in [0.4, 0.5) is 0 Å². The number of nitrogens with zero attached hydrogens (tertiary/aromatic N) is 1. The highest BCUT2D eigenvalue weighted by atomic mass is 16.4. The summed E-state index contributed by atoms with van der Waals surface area (Å²) in [7, 11) is 0. The van der Waals surface area contributed by atoms with Gasteiger partial charge in [-0.05, 0) is 0 Å². The Morgan fingerprint density at radius 2 is 1.92 bits per heavy atom. The summed E-state index contributed by atoms with van der Waals surface area (Å²) < 4.78 is 0. The SMILES string of the molecule is CC(=O)O.N=C(N)N1CCNCC1. The highest BCUT2D eigenvalue weighted by molar-refractivity contribution is 5.74. The van der Waals surface area contributed by atoms with Gasteiger partial charge in [-0.3, -0.25) is 10.2 Å². The van der Waals surface area contributed by atoms with E-state index in [9.17, 15) is 0 Å². The average Bonchev–Trinajstić information content (AvgIpc) is 2.05. The van der Waals surface area contributed by atoms with Crippen molar-refractivity contribution in [2.24, 2.45) is 5.73 Å². The van der Waals surface area contributed by atoms with Crippen molar-refractivity contribution < 1.29 is 9.90 Å². The zero-order valence-electron chi connectivity index (χ0n) is 7.71. The molecule has 76 valence electrons. The lowest BCUT2D eigenvalue weighted by Gasteiger charge is -2.27. The van der Waals surface area contributed by atoms with Crippen LogP contribution >= 0.6 is 0 Å². The number of nitrogens with one attached hydrogen (secondary N) is 2. The molecule has 0 amide bonds. The van der Waals surface area contributed by atoms with E-state index in [0.29, 0.717) is 0 Å². The zero-order chi connectivity index (χ0) is 10.3. The standard InChI is InChI=1S/C5H12N4.C2H4O2/c6-5(7)9-3-1-8-2-4-9;1-2(3)4/h8H,1-4H2,(H3,6,7);1H3,(H,3,4). The van der Waals surface area contributed by atoms with Crippen molar-refractivity contribution in [3.63, 3.8) is 0 Å². The Hall–Kier alpha value is -1.30. The van der Waals surface area contributed by atoms with Gasteiger partial charge < -0.3 is 21.1 Å². The second-order valence-electron chi connectivity index (χ2n) is 2.64. The van der Waals surface area contributed by atoms with Crippen LogP contribution in [-0.2, 0) is 4.79 Å². The lowest BCUT2D eigenvalue weighted by molar-refractivity contribution is -0.134. The second kappa shape index (κ2) is 6.24. The summed E-state index contributed by atoms with van der Waals surface area (Å²) in [4.78, 5) is 10.9. The van der Waals surface area contributed by atoms with Crippen LogP contribution in [0.3, 0.4) is 0 Å². The van der Waals surface area contributed by atoms with E-state index in [1.165, 1.54) is 0 Å². The van der Waals surface area contributed by atoms with E-state index in [4.69, 9.17) is 21.0 Å². The van der Waals surface area contributed by atoms with E-state index < -0.39 is 5.97 Å². The van der Waals surface area contributed by atoms with Gasteiger partial charge in [0.05, 0.1) is 0 Å². The fourth-order valence-corrected chi connectivity index (χ4v) is 0.906. The van der Waals surface area contributed by atoms with Gasteiger partial charge in [0.2, 0.25) is 0 Å². The van der Waals surface area contributed by atoms with Crippen molar-refractivity contribution in [2.75, 3.05) is 26.2 Å². The van der Waals surface area contributed by atoms with Crippen LogP contribution in [0.1, 0.15) is 6.92 Å². The summed E-state index contributed by atoms with van der Waals surface area (Å²) in [5, 5.41) is 17.7. The maximum Gasteiger partial charge on any atom is 0.300 e. The molecular weight excluding hydrogens is 172 g/mol. The van der Waals surface area contributed by atoms with Crippen molar-refractivity contribution in [3.05, 3.63) is 0 Å². The maximum absolute atomic E-state index is 9.00. The molecule has 13 heavy (non-hydrogen) atoms. The molecule has 0 aromatic carbocycles. The molecule has 6 nitrogen and oxygen atoms in total. The molecule has 6 heteroatoms. The number of aliphatic carboxylic acids is 1. The maximum atomic E-state index is 9.00. The molecule has 5 N–H and O–H groups in total. The van der Waals surface area contributed by atoms with E-state index in [1.807, 2.05) is 4.90 Å². The molecule has 1 aliphatic rings. The number of hydrogen-bond acceptors (Lipinski definition) is 3. The summed E-state index contributed by atoms with van der Waals surface area (Å²) in [5.41, 5.74) is 5.25. The van der Waals surface area contributed by atoms with Crippen LogP contribution in [-0.4, -0.2) is 48.1 Å². The molecule has 0 aliphatic carbocycles. The fraction of sp³-hybridized carbons (Fsp3) is 0.714. The lowest BCUT2D eigenvalue weighted by atomic mass is 10.4. The topological polar surface area (TPSA) is 102 Å². The van der Waals surface area contributed by atoms with Crippen molar-refractivity contribution >= 4 is 11.9 Å². The third-order valence-electron chi connectivity index (χ3n) is 1.46. The summed E-state index contributed by atoms with van der Waals surface area (Å²) >= 11 is 0. The first-order valence-electron chi connectivity index (χ1n) is 4.03. The number of nitrogens with two attached hydrogens (primary N) is 1. The van der Waals surface area contributed by atoms with E-state index in [-0.39, 0.29) is 5.96 Å². The molecule has 0 radical (unpaired) electrons. The third-order valence-corrected chi connectivity index (χ3v) is 1.46. The summed E-state index contributed by atoms with van der Waals surface area (Å²) in [6, 6.07) is 0. The van der Waals surface area contributed by atoms with Gasteiger partial charge in [0.1, 0.15) is 0 Å². The van der Waals surface area contributed by atoms with Crippen molar-refractivity contribution in [3.8, 4) is 0 Å². The molecule has 0 atom stereocenters. The molecule has 0 bridgehead atoms. The summed E-state index contributed by atoms with van der Waals surface area (Å²) in [6.45, 7) is 4.71. The second-order valence-corrected chi connectivity index (χ2v) is 2.64. The van der Waals surface area contributed by atoms with Crippen LogP contribution in [0.2, 0.25) is 0 Å². The normalized spacial score (nSPS) is 15.6. The Bertz CT molecular complexity index is 173. The molecule has 0 aromatic heterocycles. The first-order valence-corrected chi connectivity index (χ1v) is 4.03. The molecule has 1 aliphatic heterocycles. The fourth-order valence-electron chi connectivity index (χ4n) is 0.906. The van der Waals surface area contributed by atoms with Crippen molar-refractivity contribution in [1.29, 1.82) is 5.41 Å². The number of hydrogen-bond donors (Lipinski definition) is 4. The highest BCUT2D eigenvalue weighted by Crippen LogP contribution is 1.88. The molecule has 0 spiro atoms. The van der Waals surface area contributed by atoms with Crippen LogP contribution < -0.4 is 11.1 Å². The molecule has 1 heterocycles. The van der Waals surface area contributed by atoms with Crippen LogP contribution in [0.25, 0.3) is 0 Å². The first-order chi connectivity index (χ1) is 6.04. The number of carboxylic acid groups (broad SMARTS) is 1. The molecule has 0 unspecified atom stereocenters. The minimum atomic E-state index is -0.833. The first kappa shape index (κ1) is 11.7. The van der Waals surface area contributed by atoms with E-state index in [0.717, 1.165) is 33.1 Å². The third kappa shape index (κ3) is 7.07. The molecule has 1 rings (SSSR count). The van der Waals surface area contributed by atoms with Gasteiger partial charge in [-0.1, -0.05) is 0 Å². The van der Waals surface area contributed by atoms with E-state index in [1.54, 1.807) is 0 Å². The smallest absolute Gasteiger partial charge is 0.300 e. The monoisotopic (exact) mass is 188 g/mol. The summed E-state index contributed by atoms with van der Waals surface area (Å²) in [5.74, 6) is -0.642. The van der Waals surface area contributed by atoms with Crippen molar-refractivity contribution in [2.45, 2.75) is 6.92 Å². The number of guanidine groups is 1. The molecular formula is C7H16N4O2. The minimum absolute atomic E-state index is 0.191.